The molecule has 1 aliphatic carbocycles. The van der Waals surface area contributed by atoms with E-state index in [1.54, 1.807) is 0 Å². The fourth-order valence-corrected chi connectivity index (χ4v) is 2.60. The number of carbonyl (C=O) groups excluding carboxylic acids is 2. The van der Waals surface area contributed by atoms with Crippen LogP contribution in [0.25, 0.3) is 0 Å². The van der Waals surface area contributed by atoms with E-state index in [4.69, 9.17) is 0 Å². The van der Waals surface area contributed by atoms with Gasteiger partial charge in [-0.1, -0.05) is 20.3 Å². The molecule has 2 unspecified atom stereocenters. The van der Waals surface area contributed by atoms with Gasteiger partial charge in [0, 0.05) is 6.54 Å². The molecule has 0 bridgehead atoms. The summed E-state index contributed by atoms with van der Waals surface area (Å²) >= 11 is 0. The molecule has 102 valence electrons. The lowest BCUT2D eigenvalue weighted by atomic mass is 9.90. The van der Waals surface area contributed by atoms with Crippen LogP contribution in [-0.4, -0.2) is 34.8 Å². The van der Waals surface area contributed by atoms with Crippen LogP contribution in [0, 0.1) is 5.92 Å². The van der Waals surface area contributed by atoms with Gasteiger partial charge >= 0.3 is 0 Å². The molecule has 2 rings (SSSR count). The Morgan fingerprint density at radius 2 is 2.00 bits per heavy atom. The summed E-state index contributed by atoms with van der Waals surface area (Å²) in [6.07, 6.45) is 4.75. The molecule has 1 N–H and O–H groups in total. The van der Waals surface area contributed by atoms with Gasteiger partial charge in [-0.15, -0.1) is 0 Å². The van der Waals surface area contributed by atoms with E-state index >= 15 is 0 Å². The first-order chi connectivity index (χ1) is 8.51. The minimum Gasteiger partial charge on any atom is -0.340 e. The first-order valence-electron chi connectivity index (χ1n) is 7.15. The van der Waals surface area contributed by atoms with Gasteiger partial charge in [0.1, 0.15) is 11.6 Å². The van der Waals surface area contributed by atoms with Gasteiger partial charge < -0.3 is 10.2 Å². The van der Waals surface area contributed by atoms with E-state index in [1.165, 1.54) is 12.8 Å². The molecule has 1 aliphatic heterocycles. The number of nitrogens with one attached hydrogen (secondary N) is 1. The number of amides is 2. The van der Waals surface area contributed by atoms with Crippen molar-refractivity contribution in [2.24, 2.45) is 5.92 Å². The molecule has 0 spiro atoms. The van der Waals surface area contributed by atoms with Crippen LogP contribution in [0.1, 0.15) is 52.9 Å². The second-order valence-electron chi connectivity index (χ2n) is 5.88. The Hall–Kier alpha value is -1.06. The van der Waals surface area contributed by atoms with E-state index in [1.807, 2.05) is 18.7 Å². The molecule has 2 amide bonds. The van der Waals surface area contributed by atoms with Gasteiger partial charge in [-0.3, -0.25) is 9.59 Å². The highest BCUT2D eigenvalue weighted by Crippen LogP contribution is 2.33. The summed E-state index contributed by atoms with van der Waals surface area (Å²) in [6, 6.07) is -0.247. The zero-order chi connectivity index (χ0) is 13.3. The number of hydrogen-bond donors (Lipinski definition) is 1. The van der Waals surface area contributed by atoms with Crippen molar-refractivity contribution in [1.82, 2.24) is 10.2 Å². The van der Waals surface area contributed by atoms with Crippen molar-refractivity contribution in [3.8, 4) is 0 Å². The highest BCUT2D eigenvalue weighted by Gasteiger charge is 2.47. The molecular weight excluding hydrogens is 228 g/mol. The Morgan fingerprint density at radius 3 is 2.50 bits per heavy atom. The quantitative estimate of drug-likeness (QED) is 0.809. The average molecular weight is 252 g/mol. The molecule has 4 nitrogen and oxygen atoms in total. The lowest BCUT2D eigenvalue weighted by Gasteiger charge is -2.44. The van der Waals surface area contributed by atoms with E-state index in [9.17, 15) is 9.59 Å². The van der Waals surface area contributed by atoms with Crippen LogP contribution in [0.4, 0.5) is 0 Å². The van der Waals surface area contributed by atoms with Crippen molar-refractivity contribution in [1.29, 1.82) is 0 Å². The summed E-state index contributed by atoms with van der Waals surface area (Å²) in [5.41, 5.74) is -0.698. The molecule has 0 aromatic carbocycles. The van der Waals surface area contributed by atoms with Gasteiger partial charge in [0.25, 0.3) is 0 Å². The average Bonchev–Trinajstić information content (AvgIpc) is 3.14. The summed E-state index contributed by atoms with van der Waals surface area (Å²) in [5, 5.41) is 2.92. The monoisotopic (exact) mass is 252 g/mol. The third-order valence-electron chi connectivity index (χ3n) is 4.23. The van der Waals surface area contributed by atoms with Crippen molar-refractivity contribution in [3.05, 3.63) is 0 Å². The van der Waals surface area contributed by atoms with Gasteiger partial charge in [0.2, 0.25) is 11.8 Å². The predicted octanol–water partition coefficient (Wildman–Crippen LogP) is 1.69. The molecule has 2 fully saturated rings. The number of carbonyl (C=O) groups is 2. The Bertz CT molecular complexity index is 352. The van der Waals surface area contributed by atoms with Crippen molar-refractivity contribution < 1.29 is 9.59 Å². The van der Waals surface area contributed by atoms with Crippen molar-refractivity contribution in [3.63, 3.8) is 0 Å². The van der Waals surface area contributed by atoms with Crippen LogP contribution < -0.4 is 5.32 Å². The van der Waals surface area contributed by atoms with Gasteiger partial charge in [-0.2, -0.15) is 0 Å². The minimum atomic E-state index is -0.698. The standard InChI is InChI=1S/C14H24N2O2/c1-4-6-11-12(17)15-14(3,5-2)13(18)16(11)9-10-7-8-10/h10-11H,4-9H2,1-3H3,(H,15,17). The normalized spacial score (nSPS) is 32.6. The molecule has 2 aliphatic rings. The third-order valence-corrected chi connectivity index (χ3v) is 4.23. The summed E-state index contributed by atoms with van der Waals surface area (Å²) in [4.78, 5) is 26.6. The van der Waals surface area contributed by atoms with Crippen LogP contribution >= 0.6 is 0 Å². The molecule has 2 atom stereocenters. The maximum Gasteiger partial charge on any atom is 0.248 e. The van der Waals surface area contributed by atoms with Gasteiger partial charge in [-0.05, 0) is 38.5 Å². The van der Waals surface area contributed by atoms with Crippen molar-refractivity contribution in [2.45, 2.75) is 64.5 Å². The Morgan fingerprint density at radius 1 is 1.33 bits per heavy atom. The van der Waals surface area contributed by atoms with Crippen LogP contribution in [-0.2, 0) is 9.59 Å². The minimum absolute atomic E-state index is 0.0291. The van der Waals surface area contributed by atoms with Gasteiger partial charge in [0.15, 0.2) is 0 Å². The van der Waals surface area contributed by atoms with Crippen LogP contribution in [0.3, 0.4) is 0 Å². The summed E-state index contributed by atoms with van der Waals surface area (Å²) < 4.78 is 0. The number of hydrogen-bond acceptors (Lipinski definition) is 2. The molecule has 0 aromatic rings. The van der Waals surface area contributed by atoms with E-state index in [0.717, 1.165) is 19.4 Å². The van der Waals surface area contributed by atoms with E-state index in [2.05, 4.69) is 12.2 Å². The first-order valence-corrected chi connectivity index (χ1v) is 7.15. The summed E-state index contributed by atoms with van der Waals surface area (Å²) in [6.45, 7) is 6.62. The molecular formula is C14H24N2O2. The second kappa shape index (κ2) is 4.90. The Balaban J connectivity index is 2.20. The second-order valence-corrected chi connectivity index (χ2v) is 5.88. The van der Waals surface area contributed by atoms with Gasteiger partial charge in [0.05, 0.1) is 0 Å². The van der Waals surface area contributed by atoms with Crippen LogP contribution in [0.5, 0.6) is 0 Å². The lowest BCUT2D eigenvalue weighted by Crippen LogP contribution is -2.69. The summed E-state index contributed by atoms with van der Waals surface area (Å²) in [7, 11) is 0. The third kappa shape index (κ3) is 2.38. The van der Waals surface area contributed by atoms with E-state index in [-0.39, 0.29) is 17.9 Å². The van der Waals surface area contributed by atoms with Crippen LogP contribution in [0.2, 0.25) is 0 Å². The number of nitrogens with zero attached hydrogens (tertiary/aromatic N) is 1. The largest absolute Gasteiger partial charge is 0.340 e. The zero-order valence-electron chi connectivity index (χ0n) is 11.7. The number of piperazine rings is 1. The lowest BCUT2D eigenvalue weighted by molar-refractivity contribution is -0.155. The number of rotatable bonds is 5. The van der Waals surface area contributed by atoms with E-state index in [0.29, 0.717) is 12.3 Å². The highest BCUT2D eigenvalue weighted by atomic mass is 16.2. The molecule has 1 heterocycles. The van der Waals surface area contributed by atoms with Gasteiger partial charge in [-0.25, -0.2) is 0 Å². The van der Waals surface area contributed by atoms with Crippen molar-refractivity contribution >= 4 is 11.8 Å². The predicted molar refractivity (Wildman–Crippen MR) is 70.0 cm³/mol. The fraction of sp³-hybridized carbons (Fsp3) is 0.857. The zero-order valence-corrected chi connectivity index (χ0v) is 11.7. The first kappa shape index (κ1) is 13.4. The molecule has 1 saturated carbocycles. The molecule has 1 saturated heterocycles. The maximum atomic E-state index is 12.6. The molecule has 4 heteroatoms. The maximum absolute atomic E-state index is 12.6. The fourth-order valence-electron chi connectivity index (χ4n) is 2.60. The Labute approximate surface area is 109 Å². The molecule has 0 aromatic heterocycles. The molecule has 18 heavy (non-hydrogen) atoms. The Kier molecular flexibility index (Phi) is 3.64. The van der Waals surface area contributed by atoms with Crippen molar-refractivity contribution in [2.75, 3.05) is 6.54 Å². The SMILES string of the molecule is CCCC1C(=O)NC(C)(CC)C(=O)N1CC1CC1. The van der Waals surface area contributed by atoms with Crippen LogP contribution in [0.15, 0.2) is 0 Å². The topological polar surface area (TPSA) is 49.4 Å². The summed E-state index contributed by atoms with van der Waals surface area (Å²) in [5.74, 6) is 0.761. The molecule has 0 radical (unpaired) electrons. The smallest absolute Gasteiger partial charge is 0.248 e. The van der Waals surface area contributed by atoms with E-state index < -0.39 is 5.54 Å². The highest BCUT2D eigenvalue weighted by molar-refractivity contribution is 5.99.